The maximum atomic E-state index is 12.6. The molecule has 3 N–H and O–H groups in total. The molecule has 228 valence electrons. The minimum Gasteiger partial charge on any atom is -0.475 e. The first-order valence-corrected chi connectivity index (χ1v) is 13.9. The average Bonchev–Trinajstić information content (AvgIpc) is 3.70. The lowest BCUT2D eigenvalue weighted by molar-refractivity contribution is -0.192. The number of carboxylic acid groups (broad SMARTS) is 1. The number of anilines is 3. The van der Waals surface area contributed by atoms with E-state index < -0.39 is 12.1 Å². The Morgan fingerprint density at radius 3 is 2.77 bits per heavy atom. The van der Waals surface area contributed by atoms with Crippen LogP contribution in [0, 0.1) is 0 Å². The van der Waals surface area contributed by atoms with Gasteiger partial charge >= 0.3 is 18.2 Å². The van der Waals surface area contributed by atoms with Crippen LogP contribution in [-0.4, -0.2) is 69.7 Å². The van der Waals surface area contributed by atoms with E-state index in [1.807, 2.05) is 26.0 Å². The first-order chi connectivity index (χ1) is 20.4. The standard InChI is InChI=1S/C25H26N6O4S.C2HF3O2/c1-25(2)13-18-20(21(32)28-25)36-24(27-18)31-8-10-33-14-17(31)12-15-5-3-6-16(11-15)26-23-30-29-22(35-23)19-7-4-9-34-19;3-2(4,5)1(6)7/h3-7,9,11,17H,8,10,12-14H2,1-2H3,(H,26,30)(H,28,32);(H,6,7). The van der Waals surface area contributed by atoms with Gasteiger partial charge in [0.25, 0.3) is 11.8 Å². The Labute approximate surface area is 246 Å². The van der Waals surface area contributed by atoms with E-state index in [0.717, 1.165) is 41.5 Å². The molecule has 6 rings (SSSR count). The number of thiazole rings is 1. The molecule has 1 saturated heterocycles. The Kier molecular flexibility index (Phi) is 8.41. The summed E-state index contributed by atoms with van der Waals surface area (Å²) in [6.07, 6.45) is -2.03. The molecule has 16 heteroatoms. The van der Waals surface area contributed by atoms with E-state index in [4.69, 9.17) is 28.5 Å². The van der Waals surface area contributed by atoms with Crippen molar-refractivity contribution < 1.29 is 41.4 Å². The number of fused-ring (bicyclic) bond motifs is 1. The molecule has 12 nitrogen and oxygen atoms in total. The molecule has 0 aliphatic carbocycles. The van der Waals surface area contributed by atoms with Gasteiger partial charge < -0.3 is 34.2 Å². The summed E-state index contributed by atoms with van der Waals surface area (Å²) in [5.74, 6) is -1.96. The summed E-state index contributed by atoms with van der Waals surface area (Å²) in [6.45, 7) is 6.01. The van der Waals surface area contributed by atoms with Crippen molar-refractivity contribution in [3.63, 3.8) is 0 Å². The number of rotatable bonds is 6. The number of morpholine rings is 1. The molecule has 1 unspecified atom stereocenters. The molecule has 0 spiro atoms. The Bertz CT molecular complexity index is 1590. The minimum absolute atomic E-state index is 0.0372. The van der Waals surface area contributed by atoms with Crippen LogP contribution < -0.4 is 15.5 Å². The Morgan fingerprint density at radius 2 is 2.05 bits per heavy atom. The lowest BCUT2D eigenvalue weighted by Crippen LogP contribution is -2.48. The van der Waals surface area contributed by atoms with E-state index in [1.54, 1.807) is 18.4 Å². The molecule has 0 bridgehead atoms. The summed E-state index contributed by atoms with van der Waals surface area (Å²) in [5, 5.41) is 22.3. The van der Waals surface area contributed by atoms with Crippen LogP contribution in [0.25, 0.3) is 11.7 Å². The number of furan rings is 1. The summed E-state index contributed by atoms with van der Waals surface area (Å²) >= 11 is 1.47. The van der Waals surface area contributed by atoms with Crippen molar-refractivity contribution >= 4 is 40.0 Å². The van der Waals surface area contributed by atoms with Crippen LogP contribution in [0.2, 0.25) is 0 Å². The van der Waals surface area contributed by atoms with Gasteiger partial charge in [-0.25, -0.2) is 9.78 Å². The number of aliphatic carboxylic acids is 1. The Hall–Kier alpha value is -4.44. The van der Waals surface area contributed by atoms with Gasteiger partial charge in [0.2, 0.25) is 0 Å². The van der Waals surface area contributed by atoms with Gasteiger partial charge in [0.15, 0.2) is 10.9 Å². The summed E-state index contributed by atoms with van der Waals surface area (Å²) in [7, 11) is 0. The molecule has 5 heterocycles. The largest absolute Gasteiger partial charge is 0.490 e. The fourth-order valence-corrected chi connectivity index (χ4v) is 5.68. The molecular formula is C27H27F3N6O6S. The third-order valence-electron chi connectivity index (χ3n) is 6.48. The van der Waals surface area contributed by atoms with E-state index in [2.05, 4.69) is 37.9 Å². The van der Waals surface area contributed by atoms with Gasteiger partial charge in [-0.1, -0.05) is 28.6 Å². The van der Waals surface area contributed by atoms with Gasteiger partial charge in [-0.2, -0.15) is 13.2 Å². The van der Waals surface area contributed by atoms with E-state index in [9.17, 15) is 18.0 Å². The molecule has 0 radical (unpaired) electrons. The third-order valence-corrected chi connectivity index (χ3v) is 7.61. The molecule has 1 aromatic carbocycles. The lowest BCUT2D eigenvalue weighted by Gasteiger charge is -2.35. The van der Waals surface area contributed by atoms with Crippen LogP contribution >= 0.6 is 11.3 Å². The van der Waals surface area contributed by atoms with Gasteiger partial charge in [0, 0.05) is 24.2 Å². The highest BCUT2D eigenvalue weighted by molar-refractivity contribution is 7.17. The number of carbonyl (C=O) groups is 2. The van der Waals surface area contributed by atoms with Crippen molar-refractivity contribution in [2.24, 2.45) is 0 Å². The normalized spacial score (nSPS) is 17.8. The molecule has 2 aliphatic rings. The molecule has 3 aromatic heterocycles. The summed E-state index contributed by atoms with van der Waals surface area (Å²) in [5.41, 5.74) is 2.57. The van der Waals surface area contributed by atoms with Gasteiger partial charge in [-0.15, -0.1) is 5.10 Å². The number of aromatic nitrogens is 3. The fourth-order valence-electron chi connectivity index (χ4n) is 4.61. The molecular weight excluding hydrogens is 593 g/mol. The topological polar surface area (TPSA) is 156 Å². The maximum Gasteiger partial charge on any atom is 0.490 e. The second-order valence-corrected chi connectivity index (χ2v) is 11.4. The average molecular weight is 621 g/mol. The predicted molar refractivity (Wildman–Crippen MR) is 148 cm³/mol. The van der Waals surface area contributed by atoms with Gasteiger partial charge in [-0.3, -0.25) is 4.79 Å². The third kappa shape index (κ3) is 7.32. The smallest absolute Gasteiger partial charge is 0.475 e. The van der Waals surface area contributed by atoms with Gasteiger partial charge in [0.1, 0.15) is 4.88 Å². The zero-order valence-electron chi connectivity index (χ0n) is 23.0. The lowest BCUT2D eigenvalue weighted by atomic mass is 9.94. The first kappa shape index (κ1) is 30.0. The zero-order chi connectivity index (χ0) is 30.8. The van der Waals surface area contributed by atoms with Crippen molar-refractivity contribution in [3.05, 3.63) is 58.8 Å². The highest BCUT2D eigenvalue weighted by Gasteiger charge is 2.38. The fraction of sp³-hybridized carbons (Fsp3) is 0.370. The van der Waals surface area contributed by atoms with Gasteiger partial charge in [0.05, 0.1) is 31.2 Å². The van der Waals surface area contributed by atoms with Crippen molar-refractivity contribution in [2.75, 3.05) is 30.0 Å². The second-order valence-electron chi connectivity index (χ2n) is 10.4. The Balaban J connectivity index is 0.000000472. The number of hydrogen-bond donors (Lipinski definition) is 3. The van der Waals surface area contributed by atoms with Crippen LogP contribution in [0.5, 0.6) is 0 Å². The quantitative estimate of drug-likeness (QED) is 0.275. The van der Waals surface area contributed by atoms with Crippen LogP contribution in [0.3, 0.4) is 0 Å². The number of amides is 1. The van der Waals surface area contributed by atoms with Crippen molar-refractivity contribution in [2.45, 2.75) is 44.4 Å². The van der Waals surface area contributed by atoms with E-state index >= 15 is 0 Å². The van der Waals surface area contributed by atoms with Gasteiger partial charge in [-0.05, 0) is 50.1 Å². The first-order valence-electron chi connectivity index (χ1n) is 13.1. The predicted octanol–water partition coefficient (Wildman–Crippen LogP) is 4.68. The van der Waals surface area contributed by atoms with Crippen molar-refractivity contribution in [1.29, 1.82) is 0 Å². The van der Waals surface area contributed by atoms with E-state index in [0.29, 0.717) is 29.7 Å². The number of halogens is 3. The van der Waals surface area contributed by atoms with E-state index in [-0.39, 0.29) is 23.5 Å². The number of ether oxygens (including phenoxy) is 1. The van der Waals surface area contributed by atoms with E-state index in [1.165, 1.54) is 11.3 Å². The number of carbonyl (C=O) groups excluding carboxylic acids is 1. The minimum atomic E-state index is -5.08. The van der Waals surface area contributed by atoms with Crippen molar-refractivity contribution in [3.8, 4) is 11.7 Å². The van der Waals surface area contributed by atoms with Crippen LogP contribution in [0.1, 0.15) is 34.8 Å². The van der Waals surface area contributed by atoms with Crippen LogP contribution in [-0.2, 0) is 22.4 Å². The molecule has 43 heavy (non-hydrogen) atoms. The van der Waals surface area contributed by atoms with Crippen molar-refractivity contribution in [1.82, 2.24) is 20.5 Å². The monoisotopic (exact) mass is 620 g/mol. The molecule has 0 saturated carbocycles. The summed E-state index contributed by atoms with van der Waals surface area (Å²) in [6, 6.07) is 12.0. The Morgan fingerprint density at radius 1 is 1.26 bits per heavy atom. The summed E-state index contributed by atoms with van der Waals surface area (Å²) in [4.78, 5) is 29.4. The number of hydrogen-bond acceptors (Lipinski definition) is 11. The number of benzene rings is 1. The number of alkyl halides is 3. The zero-order valence-corrected chi connectivity index (χ0v) is 23.8. The molecule has 1 amide bonds. The molecule has 1 atom stereocenters. The number of nitrogens with zero attached hydrogens (tertiary/aromatic N) is 4. The second kappa shape index (κ2) is 12.0. The molecule has 1 fully saturated rings. The SMILES string of the molecule is CC1(C)Cc2nc(N3CCOCC3Cc3cccc(Nc4nnc(-c5ccco5)o4)c3)sc2C(=O)N1.O=C(O)C(F)(F)F. The molecule has 4 aromatic rings. The van der Waals surface area contributed by atoms with Crippen LogP contribution in [0.15, 0.2) is 51.5 Å². The highest BCUT2D eigenvalue weighted by atomic mass is 32.1. The number of nitrogens with one attached hydrogen (secondary N) is 2. The maximum absolute atomic E-state index is 12.6. The van der Waals surface area contributed by atoms with Crippen LogP contribution in [0.4, 0.5) is 30.0 Å². The highest BCUT2D eigenvalue weighted by Crippen LogP contribution is 2.34. The summed E-state index contributed by atoms with van der Waals surface area (Å²) < 4.78 is 48.5. The number of carboxylic acids is 1. The molecule has 2 aliphatic heterocycles.